The summed E-state index contributed by atoms with van der Waals surface area (Å²) >= 11 is 0. The van der Waals surface area contributed by atoms with Crippen LogP contribution < -0.4 is 0 Å². The van der Waals surface area contributed by atoms with Gasteiger partial charge in [0.05, 0.1) is 13.2 Å². The normalized spacial score (nSPS) is 21.0. The molecule has 10 heteroatoms. The van der Waals surface area contributed by atoms with Crippen LogP contribution in [0.4, 0.5) is 0 Å². The van der Waals surface area contributed by atoms with Gasteiger partial charge in [-0.2, -0.15) is 0 Å². The second kappa shape index (κ2) is 36.0. The molecule has 0 radical (unpaired) electrons. The molecule has 10 nitrogen and oxygen atoms in total. The standard InChI is InChI=1S/C45H78O10/c1-3-5-7-9-11-13-15-17-19-21-23-25-27-29-31-33-40(47)52-36-38(37-53-45-44(51)43(50)42(49)39(35-46)55-45)54-41(48)34-32-30-28-26-24-22-20-18-16-14-12-10-8-6-4-2/h17-20,28,30,32,34,38-39,42-46,49-51H,3-16,21-27,29,31,33,35-37H2,1-2H3/t38?,39-,42+,43+,44-,45-/m1/s1. The summed E-state index contributed by atoms with van der Waals surface area (Å²) in [4.78, 5) is 25.2. The molecule has 6 atom stereocenters. The van der Waals surface area contributed by atoms with Crippen LogP contribution in [-0.2, 0) is 28.5 Å². The van der Waals surface area contributed by atoms with E-state index in [-0.39, 0.29) is 19.6 Å². The fourth-order valence-corrected chi connectivity index (χ4v) is 6.27. The molecule has 4 N–H and O–H groups in total. The Bertz CT molecular complexity index is 1040. The third-order valence-electron chi connectivity index (χ3n) is 9.76. The van der Waals surface area contributed by atoms with Gasteiger partial charge in [0, 0.05) is 12.5 Å². The number of ether oxygens (including phenoxy) is 4. The first-order valence-electron chi connectivity index (χ1n) is 21.7. The Labute approximate surface area is 333 Å². The molecule has 1 aliphatic heterocycles. The fourth-order valence-electron chi connectivity index (χ4n) is 6.27. The highest BCUT2D eigenvalue weighted by atomic mass is 16.7. The smallest absolute Gasteiger partial charge is 0.331 e. The highest BCUT2D eigenvalue weighted by molar-refractivity contribution is 5.82. The van der Waals surface area contributed by atoms with Gasteiger partial charge in [0.25, 0.3) is 0 Å². The van der Waals surface area contributed by atoms with E-state index in [4.69, 9.17) is 18.9 Å². The van der Waals surface area contributed by atoms with E-state index in [0.717, 1.165) is 57.8 Å². The molecule has 0 aromatic rings. The molecule has 0 aromatic heterocycles. The van der Waals surface area contributed by atoms with Crippen molar-refractivity contribution in [1.29, 1.82) is 0 Å². The summed E-state index contributed by atoms with van der Waals surface area (Å²) in [5, 5.41) is 40.0. The molecule has 1 saturated heterocycles. The van der Waals surface area contributed by atoms with Crippen molar-refractivity contribution in [1.82, 2.24) is 0 Å². The molecular formula is C45H78O10. The number of carbonyl (C=O) groups excluding carboxylic acids is 2. The highest BCUT2D eigenvalue weighted by Crippen LogP contribution is 2.22. The van der Waals surface area contributed by atoms with Gasteiger partial charge in [-0.15, -0.1) is 0 Å². The van der Waals surface area contributed by atoms with Crippen LogP contribution in [0.15, 0.2) is 48.6 Å². The van der Waals surface area contributed by atoms with E-state index in [9.17, 15) is 30.0 Å². The van der Waals surface area contributed by atoms with E-state index >= 15 is 0 Å². The number of hydrogen-bond donors (Lipinski definition) is 4. The van der Waals surface area contributed by atoms with Gasteiger partial charge in [0.2, 0.25) is 0 Å². The molecule has 0 amide bonds. The molecule has 0 aromatic carbocycles. The van der Waals surface area contributed by atoms with Crippen LogP contribution in [-0.4, -0.2) is 89.0 Å². The summed E-state index contributed by atoms with van der Waals surface area (Å²) in [6, 6.07) is 0. The number of carbonyl (C=O) groups is 2. The summed E-state index contributed by atoms with van der Waals surface area (Å²) in [5.74, 6) is -1.08. The maximum Gasteiger partial charge on any atom is 0.331 e. The Balaban J connectivity index is 2.42. The Morgan fingerprint density at radius 3 is 1.67 bits per heavy atom. The number of hydrogen-bond acceptors (Lipinski definition) is 10. The summed E-state index contributed by atoms with van der Waals surface area (Å²) in [5.41, 5.74) is 0. The van der Waals surface area contributed by atoms with Gasteiger partial charge in [-0.1, -0.05) is 140 Å². The summed E-state index contributed by atoms with van der Waals surface area (Å²) < 4.78 is 21.9. The molecular weight excluding hydrogens is 700 g/mol. The lowest BCUT2D eigenvalue weighted by Gasteiger charge is -2.39. The predicted octanol–water partition coefficient (Wildman–Crippen LogP) is 8.88. The maximum atomic E-state index is 12.6. The number of esters is 2. The topological polar surface area (TPSA) is 152 Å². The Morgan fingerprint density at radius 1 is 0.600 bits per heavy atom. The highest BCUT2D eigenvalue weighted by Gasteiger charge is 2.44. The van der Waals surface area contributed by atoms with Gasteiger partial charge in [-0.05, 0) is 64.2 Å². The molecule has 0 spiro atoms. The summed E-state index contributed by atoms with van der Waals surface area (Å²) in [6.45, 7) is 3.27. The van der Waals surface area contributed by atoms with E-state index < -0.39 is 55.4 Å². The predicted molar refractivity (Wildman–Crippen MR) is 219 cm³/mol. The number of aliphatic hydroxyl groups is 4. The van der Waals surface area contributed by atoms with Crippen LogP contribution in [0.5, 0.6) is 0 Å². The first-order valence-corrected chi connectivity index (χ1v) is 21.7. The van der Waals surface area contributed by atoms with Gasteiger partial charge in [-0.3, -0.25) is 4.79 Å². The third-order valence-corrected chi connectivity index (χ3v) is 9.76. The van der Waals surface area contributed by atoms with Crippen LogP contribution in [0.2, 0.25) is 0 Å². The van der Waals surface area contributed by atoms with Crippen molar-refractivity contribution in [2.75, 3.05) is 19.8 Å². The molecule has 318 valence electrons. The molecule has 1 fully saturated rings. The van der Waals surface area contributed by atoms with Gasteiger partial charge < -0.3 is 39.4 Å². The lowest BCUT2D eigenvalue weighted by molar-refractivity contribution is -0.305. The first kappa shape index (κ1) is 50.7. The van der Waals surface area contributed by atoms with Gasteiger partial charge >= 0.3 is 11.9 Å². The SMILES string of the molecule is CCCCCCCCC=CCCCC=CC=CC(=O)OC(COC(=O)CCCCCCCC=CCCCCCCCC)CO[C@@H]1O[C@H](CO)[C@H](O)[C@H](O)[C@H]1O. The number of allylic oxidation sites excluding steroid dienone is 7. The second-order valence-corrected chi connectivity index (χ2v) is 14.9. The molecule has 0 bridgehead atoms. The van der Waals surface area contributed by atoms with E-state index in [1.54, 1.807) is 12.2 Å². The van der Waals surface area contributed by atoms with E-state index in [0.29, 0.717) is 6.42 Å². The van der Waals surface area contributed by atoms with Gasteiger partial charge in [-0.25, -0.2) is 4.79 Å². The largest absolute Gasteiger partial charge is 0.462 e. The van der Waals surface area contributed by atoms with Crippen molar-refractivity contribution in [3.8, 4) is 0 Å². The van der Waals surface area contributed by atoms with E-state index in [1.807, 2.05) is 6.08 Å². The van der Waals surface area contributed by atoms with Crippen LogP contribution in [0, 0.1) is 0 Å². The van der Waals surface area contributed by atoms with Crippen molar-refractivity contribution in [3.63, 3.8) is 0 Å². The van der Waals surface area contributed by atoms with E-state index in [2.05, 4.69) is 38.2 Å². The third kappa shape index (κ3) is 27.8. The molecule has 1 aliphatic rings. The number of aliphatic hydroxyl groups excluding tert-OH is 4. The average molecular weight is 779 g/mol. The fraction of sp³-hybridized carbons (Fsp3) is 0.778. The lowest BCUT2D eigenvalue weighted by atomic mass is 9.99. The van der Waals surface area contributed by atoms with E-state index in [1.165, 1.54) is 89.5 Å². The zero-order valence-corrected chi connectivity index (χ0v) is 34.4. The lowest BCUT2D eigenvalue weighted by Crippen LogP contribution is -2.59. The van der Waals surface area contributed by atoms with Crippen molar-refractivity contribution >= 4 is 11.9 Å². The summed E-state index contributed by atoms with van der Waals surface area (Å²) in [6.07, 6.45) is 34.6. The minimum atomic E-state index is -1.61. The first-order chi connectivity index (χ1) is 26.8. The minimum absolute atomic E-state index is 0.242. The Morgan fingerprint density at radius 2 is 1.11 bits per heavy atom. The van der Waals surface area contributed by atoms with Gasteiger partial charge in [0.15, 0.2) is 12.4 Å². The average Bonchev–Trinajstić information content (AvgIpc) is 3.18. The second-order valence-electron chi connectivity index (χ2n) is 14.9. The van der Waals surface area contributed by atoms with Crippen molar-refractivity contribution in [2.24, 2.45) is 0 Å². The van der Waals surface area contributed by atoms with Crippen LogP contribution in [0.1, 0.15) is 168 Å². The molecule has 0 aliphatic carbocycles. The monoisotopic (exact) mass is 779 g/mol. The zero-order valence-electron chi connectivity index (χ0n) is 34.4. The number of rotatable bonds is 35. The quantitative estimate of drug-likeness (QED) is 0.0161. The Hall–Kier alpha value is -2.34. The maximum absolute atomic E-state index is 12.6. The van der Waals surface area contributed by atoms with Gasteiger partial charge in [0.1, 0.15) is 31.0 Å². The summed E-state index contributed by atoms with van der Waals surface area (Å²) in [7, 11) is 0. The van der Waals surface area contributed by atoms with Crippen molar-refractivity contribution in [3.05, 3.63) is 48.6 Å². The zero-order chi connectivity index (χ0) is 40.2. The van der Waals surface area contributed by atoms with Crippen LogP contribution >= 0.6 is 0 Å². The minimum Gasteiger partial charge on any atom is -0.462 e. The number of unbranched alkanes of at least 4 members (excludes halogenated alkanes) is 19. The van der Waals surface area contributed by atoms with Crippen molar-refractivity contribution < 1.29 is 49.0 Å². The van der Waals surface area contributed by atoms with Crippen LogP contribution in [0.3, 0.4) is 0 Å². The molecule has 1 unspecified atom stereocenters. The Kier molecular flexibility index (Phi) is 33.2. The molecule has 1 heterocycles. The molecule has 1 rings (SSSR count). The van der Waals surface area contributed by atoms with Crippen molar-refractivity contribution in [2.45, 2.75) is 205 Å². The molecule has 0 saturated carbocycles. The van der Waals surface area contributed by atoms with Crippen LogP contribution in [0.25, 0.3) is 0 Å². The molecule has 55 heavy (non-hydrogen) atoms.